The van der Waals surface area contributed by atoms with Crippen LogP contribution in [0.5, 0.6) is 0 Å². The first-order valence-corrected chi connectivity index (χ1v) is 7.87. The van der Waals surface area contributed by atoms with E-state index in [1.54, 1.807) is 6.07 Å². The Morgan fingerprint density at radius 2 is 2.15 bits per heavy atom. The van der Waals surface area contributed by atoms with Crippen LogP contribution >= 0.6 is 15.9 Å². The Bertz CT molecular complexity index is 518. The average Bonchev–Trinajstić information content (AvgIpc) is 2.46. The van der Waals surface area contributed by atoms with Crippen molar-refractivity contribution >= 4 is 27.6 Å². The number of hydrogen-bond acceptors (Lipinski definition) is 3. The van der Waals surface area contributed by atoms with E-state index in [1.807, 2.05) is 12.1 Å². The van der Waals surface area contributed by atoms with E-state index in [-0.39, 0.29) is 0 Å². The zero-order chi connectivity index (χ0) is 14.1. The maximum Gasteiger partial charge on any atom is 0.336 e. The summed E-state index contributed by atoms with van der Waals surface area (Å²) in [6.45, 7) is 1.62. The molecule has 1 N–H and O–H groups in total. The molecule has 0 spiro atoms. The van der Waals surface area contributed by atoms with Crippen LogP contribution in [-0.4, -0.2) is 36.4 Å². The van der Waals surface area contributed by atoms with Crippen molar-refractivity contribution < 1.29 is 14.6 Å². The highest BCUT2D eigenvalue weighted by Gasteiger charge is 2.34. The molecule has 2 unspecified atom stereocenters. The molecule has 1 aliphatic heterocycles. The number of anilines is 1. The topological polar surface area (TPSA) is 49.8 Å². The van der Waals surface area contributed by atoms with Gasteiger partial charge in [-0.3, -0.25) is 0 Å². The highest BCUT2D eigenvalue weighted by atomic mass is 79.9. The quantitative estimate of drug-likeness (QED) is 0.898. The van der Waals surface area contributed by atoms with E-state index in [4.69, 9.17) is 9.84 Å². The van der Waals surface area contributed by atoms with Gasteiger partial charge < -0.3 is 14.7 Å². The first kappa shape index (κ1) is 13.9. The van der Waals surface area contributed by atoms with Crippen molar-refractivity contribution in [2.24, 2.45) is 0 Å². The number of carboxylic acids is 1. The van der Waals surface area contributed by atoms with Gasteiger partial charge >= 0.3 is 5.97 Å². The minimum absolute atomic E-state index is 0.308. The molecule has 2 fully saturated rings. The lowest BCUT2D eigenvalue weighted by Crippen LogP contribution is -2.52. The van der Waals surface area contributed by atoms with Crippen LogP contribution in [-0.2, 0) is 4.74 Å². The average molecular weight is 340 g/mol. The number of morpholine rings is 1. The SMILES string of the molecule is O=C(O)c1ccc(N2CCOC3CCCCC32)cc1Br. The number of halogens is 1. The first-order chi connectivity index (χ1) is 9.66. The summed E-state index contributed by atoms with van der Waals surface area (Å²) in [6, 6.07) is 5.93. The number of carbonyl (C=O) groups is 1. The van der Waals surface area contributed by atoms with Crippen LogP contribution in [0.3, 0.4) is 0 Å². The molecule has 1 aromatic rings. The van der Waals surface area contributed by atoms with Crippen molar-refractivity contribution in [1.82, 2.24) is 0 Å². The Morgan fingerprint density at radius 1 is 1.35 bits per heavy atom. The number of benzene rings is 1. The second-order valence-corrected chi connectivity index (χ2v) is 6.28. The Morgan fingerprint density at radius 3 is 2.90 bits per heavy atom. The van der Waals surface area contributed by atoms with Crippen LogP contribution in [0.4, 0.5) is 5.69 Å². The van der Waals surface area contributed by atoms with E-state index >= 15 is 0 Å². The van der Waals surface area contributed by atoms with E-state index in [9.17, 15) is 4.79 Å². The van der Waals surface area contributed by atoms with Crippen LogP contribution in [0.1, 0.15) is 36.0 Å². The Hall–Kier alpha value is -1.07. The molecule has 2 aliphatic rings. The molecule has 0 radical (unpaired) electrons. The van der Waals surface area contributed by atoms with Crippen LogP contribution in [0, 0.1) is 0 Å². The summed E-state index contributed by atoms with van der Waals surface area (Å²) in [7, 11) is 0. The smallest absolute Gasteiger partial charge is 0.336 e. The van der Waals surface area contributed by atoms with Gasteiger partial charge in [0.2, 0.25) is 0 Å². The molecule has 1 aliphatic carbocycles. The van der Waals surface area contributed by atoms with Gasteiger partial charge in [-0.25, -0.2) is 4.79 Å². The summed E-state index contributed by atoms with van der Waals surface area (Å²) in [4.78, 5) is 13.5. The number of carboxylic acid groups (broad SMARTS) is 1. The zero-order valence-corrected chi connectivity index (χ0v) is 12.8. The summed E-state index contributed by atoms with van der Waals surface area (Å²) in [6.07, 6.45) is 5.11. The molecular formula is C15H18BrNO3. The number of ether oxygens (including phenoxy) is 1. The molecule has 2 atom stereocenters. The third-order valence-corrected chi connectivity index (χ3v) is 4.90. The summed E-state index contributed by atoms with van der Waals surface area (Å²) in [5.74, 6) is -0.902. The van der Waals surface area contributed by atoms with E-state index in [2.05, 4.69) is 20.8 Å². The van der Waals surface area contributed by atoms with Gasteiger partial charge in [-0.2, -0.15) is 0 Å². The third-order valence-electron chi connectivity index (χ3n) is 4.25. The fraction of sp³-hybridized carbons (Fsp3) is 0.533. The molecule has 108 valence electrons. The van der Waals surface area contributed by atoms with Gasteiger partial charge in [-0.1, -0.05) is 12.8 Å². The predicted octanol–water partition coefficient (Wildman–Crippen LogP) is 3.30. The lowest BCUT2D eigenvalue weighted by Gasteiger charge is -2.45. The van der Waals surface area contributed by atoms with Crippen molar-refractivity contribution in [1.29, 1.82) is 0 Å². The lowest BCUT2D eigenvalue weighted by molar-refractivity contribution is -0.00868. The normalized spacial score (nSPS) is 26.1. The first-order valence-electron chi connectivity index (χ1n) is 7.08. The van der Waals surface area contributed by atoms with E-state index in [1.165, 1.54) is 12.8 Å². The van der Waals surface area contributed by atoms with Gasteiger partial charge in [0.1, 0.15) is 0 Å². The second kappa shape index (κ2) is 5.74. The van der Waals surface area contributed by atoms with Gasteiger partial charge in [0.25, 0.3) is 0 Å². The largest absolute Gasteiger partial charge is 0.478 e. The van der Waals surface area contributed by atoms with Crippen molar-refractivity contribution in [2.75, 3.05) is 18.1 Å². The molecule has 0 aromatic heterocycles. The minimum atomic E-state index is -0.902. The van der Waals surface area contributed by atoms with Gasteiger partial charge in [-0.05, 0) is 47.0 Å². The highest BCUT2D eigenvalue weighted by molar-refractivity contribution is 9.10. The van der Waals surface area contributed by atoms with Gasteiger partial charge in [-0.15, -0.1) is 0 Å². The fourth-order valence-corrected chi connectivity index (χ4v) is 3.81. The second-order valence-electron chi connectivity index (χ2n) is 5.42. The summed E-state index contributed by atoms with van der Waals surface area (Å²) < 4.78 is 6.52. The number of hydrogen-bond donors (Lipinski definition) is 1. The predicted molar refractivity (Wildman–Crippen MR) is 80.4 cm³/mol. The van der Waals surface area contributed by atoms with E-state index < -0.39 is 5.97 Å². The maximum atomic E-state index is 11.1. The molecule has 1 heterocycles. The number of aromatic carboxylic acids is 1. The Kier molecular flexibility index (Phi) is 3.98. The molecule has 3 rings (SSSR count). The molecule has 0 bridgehead atoms. The van der Waals surface area contributed by atoms with Crippen molar-refractivity contribution in [3.05, 3.63) is 28.2 Å². The van der Waals surface area contributed by atoms with Gasteiger partial charge in [0, 0.05) is 16.7 Å². The fourth-order valence-electron chi connectivity index (χ4n) is 3.27. The molecule has 4 nitrogen and oxygen atoms in total. The third kappa shape index (κ3) is 2.56. The lowest BCUT2D eigenvalue weighted by atomic mass is 9.89. The molecule has 1 saturated carbocycles. The number of fused-ring (bicyclic) bond motifs is 1. The number of rotatable bonds is 2. The van der Waals surface area contributed by atoms with E-state index in [0.717, 1.165) is 31.7 Å². The van der Waals surface area contributed by atoms with E-state index in [0.29, 0.717) is 22.2 Å². The maximum absolute atomic E-state index is 11.1. The summed E-state index contributed by atoms with van der Waals surface area (Å²) >= 11 is 3.36. The molecule has 20 heavy (non-hydrogen) atoms. The Balaban J connectivity index is 1.87. The minimum Gasteiger partial charge on any atom is -0.478 e. The molecular weight excluding hydrogens is 322 g/mol. The van der Waals surface area contributed by atoms with Crippen LogP contribution < -0.4 is 4.90 Å². The van der Waals surface area contributed by atoms with Crippen LogP contribution in [0.25, 0.3) is 0 Å². The van der Waals surface area contributed by atoms with Crippen LogP contribution in [0.15, 0.2) is 22.7 Å². The van der Waals surface area contributed by atoms with Crippen molar-refractivity contribution in [3.8, 4) is 0 Å². The summed E-state index contributed by atoms with van der Waals surface area (Å²) in [5.41, 5.74) is 1.39. The molecule has 0 amide bonds. The standard InChI is InChI=1S/C15H18BrNO3/c16-12-9-10(5-6-11(12)15(18)19)17-7-8-20-14-4-2-1-3-13(14)17/h5-6,9,13-14H,1-4,7-8H2,(H,18,19). The van der Waals surface area contributed by atoms with Crippen LogP contribution in [0.2, 0.25) is 0 Å². The van der Waals surface area contributed by atoms with Crippen molar-refractivity contribution in [2.45, 2.75) is 37.8 Å². The molecule has 1 saturated heterocycles. The number of nitrogens with zero attached hydrogens (tertiary/aromatic N) is 1. The highest BCUT2D eigenvalue weighted by Crippen LogP contribution is 2.33. The van der Waals surface area contributed by atoms with Crippen molar-refractivity contribution in [3.63, 3.8) is 0 Å². The monoisotopic (exact) mass is 339 g/mol. The van der Waals surface area contributed by atoms with Gasteiger partial charge in [0.15, 0.2) is 0 Å². The van der Waals surface area contributed by atoms with Gasteiger partial charge in [0.05, 0.1) is 24.3 Å². The Labute approximate surface area is 126 Å². The zero-order valence-electron chi connectivity index (χ0n) is 11.2. The molecule has 1 aromatic carbocycles. The summed E-state index contributed by atoms with van der Waals surface area (Å²) in [5, 5.41) is 9.09. The molecule has 5 heteroatoms.